The van der Waals surface area contributed by atoms with Crippen molar-refractivity contribution in [2.24, 2.45) is 5.73 Å². The van der Waals surface area contributed by atoms with E-state index in [1.165, 1.54) is 0 Å². The highest BCUT2D eigenvalue weighted by Gasteiger charge is 2.48. The number of aliphatic hydroxyl groups excluding tert-OH is 3. The molecule has 11 nitrogen and oxygen atoms in total. The Hall–Kier alpha value is -0.300. The summed E-state index contributed by atoms with van der Waals surface area (Å²) >= 11 is 8.14. The Morgan fingerprint density at radius 1 is 0.889 bits per heavy atom. The summed E-state index contributed by atoms with van der Waals surface area (Å²) < 4.78 is 19.6. The molecule has 2 aromatic carbocycles. The van der Waals surface area contributed by atoms with Crippen molar-refractivity contribution in [3.8, 4) is 17.2 Å². The first-order valence-electron chi connectivity index (χ1n) is 10.0. The standard InChI is InChI=1S/C21H19I4NO10/c22-8-1-6(3-12(26)19(30)31)2-9(23)16(8)34-7-4-10(24)17(11(25)5-7)35-21-15(29)13(27)14(28)18(36-21)20(32)33/h1-2,4-5,12-15,18,21,27-29H,3,26H2,(H,30,31)(H,32,33)/t12-,13-,14-,15+,18-,21+/m0/s1. The summed E-state index contributed by atoms with van der Waals surface area (Å²) in [7, 11) is 0. The van der Waals surface area contributed by atoms with Crippen LogP contribution in [0.5, 0.6) is 17.2 Å². The molecule has 6 atom stereocenters. The lowest BCUT2D eigenvalue weighted by Gasteiger charge is -2.38. The van der Waals surface area contributed by atoms with Crippen molar-refractivity contribution in [2.45, 2.75) is 43.2 Å². The molecule has 1 saturated heterocycles. The number of nitrogens with two attached hydrogens (primary N) is 1. The van der Waals surface area contributed by atoms with E-state index in [2.05, 4.69) is 45.2 Å². The first-order valence-corrected chi connectivity index (χ1v) is 14.3. The molecular formula is C21H19I4NO10. The van der Waals surface area contributed by atoms with Crippen LogP contribution in [0.4, 0.5) is 0 Å². The van der Waals surface area contributed by atoms with Gasteiger partial charge in [0.25, 0.3) is 0 Å². The number of hydrogen-bond donors (Lipinski definition) is 6. The maximum atomic E-state index is 11.3. The van der Waals surface area contributed by atoms with E-state index in [-0.39, 0.29) is 12.2 Å². The molecule has 7 N–H and O–H groups in total. The first kappa shape index (κ1) is 30.2. The topological polar surface area (TPSA) is 189 Å². The average Bonchev–Trinajstić information content (AvgIpc) is 2.78. The van der Waals surface area contributed by atoms with Crippen molar-refractivity contribution < 1.29 is 49.3 Å². The molecule has 0 bridgehead atoms. The van der Waals surface area contributed by atoms with Crippen LogP contribution in [-0.4, -0.2) is 74.2 Å². The third-order valence-electron chi connectivity index (χ3n) is 5.07. The number of aliphatic hydroxyl groups is 3. The van der Waals surface area contributed by atoms with Gasteiger partial charge in [-0.1, -0.05) is 0 Å². The van der Waals surface area contributed by atoms with Crippen LogP contribution in [0.3, 0.4) is 0 Å². The van der Waals surface area contributed by atoms with E-state index in [1.807, 2.05) is 45.2 Å². The van der Waals surface area contributed by atoms with Gasteiger partial charge in [-0.2, -0.15) is 0 Å². The van der Waals surface area contributed by atoms with Gasteiger partial charge in [0.2, 0.25) is 6.29 Å². The molecule has 2 aromatic rings. The Labute approximate surface area is 259 Å². The molecule has 1 heterocycles. The maximum Gasteiger partial charge on any atom is 0.335 e. The summed E-state index contributed by atoms with van der Waals surface area (Å²) in [5.41, 5.74) is 6.40. The Bertz CT molecular complexity index is 1120. The number of rotatable bonds is 8. The van der Waals surface area contributed by atoms with Crippen molar-refractivity contribution >= 4 is 102 Å². The van der Waals surface area contributed by atoms with Crippen molar-refractivity contribution in [3.63, 3.8) is 0 Å². The van der Waals surface area contributed by atoms with Crippen LogP contribution in [0.15, 0.2) is 24.3 Å². The van der Waals surface area contributed by atoms with Gasteiger partial charge in [-0.05, 0) is 127 Å². The van der Waals surface area contributed by atoms with Crippen LogP contribution in [0.2, 0.25) is 0 Å². The highest BCUT2D eigenvalue weighted by Crippen LogP contribution is 2.38. The third-order valence-corrected chi connectivity index (χ3v) is 8.27. The molecular weight excluding hydrogens is 934 g/mol. The Kier molecular flexibility index (Phi) is 10.7. The summed E-state index contributed by atoms with van der Waals surface area (Å²) in [6.07, 6.45) is -8.42. The number of hydrogen-bond acceptors (Lipinski definition) is 9. The second-order valence-electron chi connectivity index (χ2n) is 7.71. The van der Waals surface area contributed by atoms with Gasteiger partial charge in [0.15, 0.2) is 11.9 Å². The fourth-order valence-corrected chi connectivity index (χ4v) is 7.34. The monoisotopic (exact) mass is 953 g/mol. The van der Waals surface area contributed by atoms with Crippen molar-refractivity contribution in [1.29, 1.82) is 0 Å². The lowest BCUT2D eigenvalue weighted by atomic mass is 9.99. The lowest BCUT2D eigenvalue weighted by Crippen LogP contribution is -2.61. The Balaban J connectivity index is 1.81. The van der Waals surface area contributed by atoms with Crippen LogP contribution in [0.1, 0.15) is 5.56 Å². The fourth-order valence-electron chi connectivity index (χ4n) is 3.26. The molecule has 36 heavy (non-hydrogen) atoms. The van der Waals surface area contributed by atoms with E-state index in [4.69, 9.17) is 25.1 Å². The largest absolute Gasteiger partial charge is 0.480 e. The highest BCUT2D eigenvalue weighted by molar-refractivity contribution is 14.1. The number of aliphatic carboxylic acids is 2. The van der Waals surface area contributed by atoms with E-state index in [0.717, 1.165) is 12.7 Å². The average molecular weight is 953 g/mol. The van der Waals surface area contributed by atoms with Crippen molar-refractivity contribution in [1.82, 2.24) is 0 Å². The molecule has 1 fully saturated rings. The van der Waals surface area contributed by atoms with Gasteiger partial charge >= 0.3 is 11.9 Å². The van der Waals surface area contributed by atoms with Gasteiger partial charge in [0.05, 0.1) is 14.3 Å². The van der Waals surface area contributed by atoms with Crippen LogP contribution in [0, 0.1) is 14.3 Å². The Morgan fingerprint density at radius 3 is 1.92 bits per heavy atom. The molecule has 0 unspecified atom stereocenters. The smallest absolute Gasteiger partial charge is 0.335 e. The highest BCUT2D eigenvalue weighted by atomic mass is 127. The molecule has 0 radical (unpaired) electrons. The van der Waals surface area contributed by atoms with E-state index in [9.17, 15) is 30.0 Å². The van der Waals surface area contributed by atoms with E-state index in [1.54, 1.807) is 24.3 Å². The first-order chi connectivity index (χ1) is 16.8. The summed E-state index contributed by atoms with van der Waals surface area (Å²) in [6, 6.07) is 5.91. The van der Waals surface area contributed by atoms with Crippen LogP contribution in [-0.2, 0) is 20.7 Å². The van der Waals surface area contributed by atoms with Gasteiger partial charge in [-0.25, -0.2) is 4.79 Å². The van der Waals surface area contributed by atoms with E-state index < -0.39 is 48.7 Å². The fraction of sp³-hybridized carbons (Fsp3) is 0.333. The number of carboxylic acid groups (broad SMARTS) is 2. The number of carboxylic acids is 2. The number of carbonyl (C=O) groups is 2. The summed E-state index contributed by atoms with van der Waals surface area (Å²) in [6.45, 7) is 0. The van der Waals surface area contributed by atoms with Gasteiger partial charge in [-0.3, -0.25) is 4.79 Å². The summed E-state index contributed by atoms with van der Waals surface area (Å²) in [5.74, 6) is -1.29. The zero-order valence-electron chi connectivity index (χ0n) is 17.8. The molecule has 0 aromatic heterocycles. The number of halogens is 4. The minimum absolute atomic E-state index is 0.174. The normalized spacial score (nSPS) is 24.7. The molecule has 1 aliphatic heterocycles. The molecule has 0 aliphatic carbocycles. The van der Waals surface area contributed by atoms with E-state index in [0.29, 0.717) is 18.6 Å². The minimum Gasteiger partial charge on any atom is -0.480 e. The van der Waals surface area contributed by atoms with Gasteiger partial charge in [0.1, 0.15) is 35.9 Å². The second kappa shape index (κ2) is 12.7. The molecule has 196 valence electrons. The SMILES string of the molecule is N[C@@H](Cc1cc(I)c(Oc2cc(I)c(O[C@@H]3O[C@H](C(=O)O)[C@@H](O)[C@H](O)[C@H]3O)c(I)c2)c(I)c1)C(=O)O. The molecule has 1 aliphatic rings. The zero-order valence-corrected chi connectivity index (χ0v) is 26.5. The summed E-state index contributed by atoms with van der Waals surface area (Å²) in [5, 5.41) is 48.4. The molecule has 0 amide bonds. The quantitative estimate of drug-likeness (QED) is 0.213. The molecule has 15 heteroatoms. The number of ether oxygens (including phenoxy) is 3. The predicted octanol–water partition coefficient (Wildman–Crippen LogP) is 2.12. The zero-order chi connectivity index (χ0) is 26.9. The Morgan fingerprint density at radius 2 is 1.42 bits per heavy atom. The van der Waals surface area contributed by atoms with Crippen LogP contribution < -0.4 is 15.2 Å². The van der Waals surface area contributed by atoms with Crippen LogP contribution in [0.25, 0.3) is 0 Å². The predicted molar refractivity (Wildman–Crippen MR) is 158 cm³/mol. The van der Waals surface area contributed by atoms with Gasteiger partial charge in [-0.15, -0.1) is 0 Å². The third kappa shape index (κ3) is 7.01. The van der Waals surface area contributed by atoms with Gasteiger partial charge < -0.3 is 45.5 Å². The van der Waals surface area contributed by atoms with Crippen molar-refractivity contribution in [3.05, 3.63) is 44.1 Å². The maximum absolute atomic E-state index is 11.3. The van der Waals surface area contributed by atoms with E-state index >= 15 is 0 Å². The van der Waals surface area contributed by atoms with Crippen molar-refractivity contribution in [2.75, 3.05) is 0 Å². The second-order valence-corrected chi connectivity index (χ2v) is 12.4. The molecule has 3 rings (SSSR count). The van der Waals surface area contributed by atoms with Crippen LogP contribution >= 0.6 is 90.4 Å². The minimum atomic E-state index is -1.82. The summed E-state index contributed by atoms with van der Waals surface area (Å²) in [4.78, 5) is 22.4. The molecule has 0 saturated carbocycles. The number of benzene rings is 2. The van der Waals surface area contributed by atoms with Gasteiger partial charge in [0, 0.05) is 0 Å². The molecule has 0 spiro atoms. The lowest BCUT2D eigenvalue weighted by molar-refractivity contribution is -0.271.